The first-order chi connectivity index (χ1) is 12.4. The first kappa shape index (κ1) is 18.8. The Balaban J connectivity index is 1.87. The van der Waals surface area contributed by atoms with Crippen molar-refractivity contribution in [2.24, 2.45) is 7.05 Å². The Kier molecular flexibility index (Phi) is 5.59. The van der Waals surface area contributed by atoms with Crippen LogP contribution >= 0.6 is 34.7 Å². The molecule has 26 heavy (non-hydrogen) atoms. The second-order valence-corrected chi connectivity index (χ2v) is 7.95. The van der Waals surface area contributed by atoms with E-state index < -0.39 is 0 Å². The van der Waals surface area contributed by atoms with Crippen LogP contribution in [0.25, 0.3) is 0 Å². The van der Waals surface area contributed by atoms with Gasteiger partial charge in [-0.3, -0.25) is 9.69 Å². The van der Waals surface area contributed by atoms with Gasteiger partial charge in [-0.25, -0.2) is 9.67 Å². The highest BCUT2D eigenvalue weighted by Crippen LogP contribution is 2.37. The van der Waals surface area contributed by atoms with Crippen LogP contribution in [0.15, 0.2) is 22.7 Å². The van der Waals surface area contributed by atoms with Crippen LogP contribution in [-0.4, -0.2) is 31.1 Å². The van der Waals surface area contributed by atoms with E-state index in [1.165, 1.54) is 30.0 Å². The Morgan fingerprint density at radius 3 is 2.77 bits per heavy atom. The Morgan fingerprint density at radius 2 is 2.15 bits per heavy atom. The Bertz CT molecular complexity index is 931. The molecule has 3 rings (SSSR count). The molecule has 1 aromatic carbocycles. The standard InChI is InChI=1S/C16H17ClN6OS2/c1-9-5-10(2)14(13(17)6-9)23(11(3)24)15-18-12(7-25-15)8-26-16-19-20-21-22(16)4/h5-7H,8H2,1-4H3. The van der Waals surface area contributed by atoms with Crippen molar-refractivity contribution >= 4 is 51.4 Å². The first-order valence-corrected chi connectivity index (χ1v) is 9.98. The maximum atomic E-state index is 12.3. The van der Waals surface area contributed by atoms with Gasteiger partial charge in [0.15, 0.2) is 5.13 Å². The molecule has 2 aromatic heterocycles. The highest BCUT2D eigenvalue weighted by molar-refractivity contribution is 7.98. The van der Waals surface area contributed by atoms with Crippen LogP contribution in [0, 0.1) is 13.8 Å². The zero-order chi connectivity index (χ0) is 18.8. The molecule has 10 heteroatoms. The molecule has 136 valence electrons. The Morgan fingerprint density at radius 1 is 1.38 bits per heavy atom. The van der Waals surface area contributed by atoms with Gasteiger partial charge in [0.2, 0.25) is 11.1 Å². The van der Waals surface area contributed by atoms with E-state index in [1.54, 1.807) is 16.6 Å². The van der Waals surface area contributed by atoms with E-state index in [0.29, 0.717) is 26.8 Å². The van der Waals surface area contributed by atoms with Crippen LogP contribution in [0.5, 0.6) is 0 Å². The molecule has 0 radical (unpaired) electrons. The van der Waals surface area contributed by atoms with Crippen LogP contribution in [0.3, 0.4) is 0 Å². The summed E-state index contributed by atoms with van der Waals surface area (Å²) in [5, 5.41) is 15.1. The lowest BCUT2D eigenvalue weighted by atomic mass is 10.1. The van der Waals surface area contributed by atoms with E-state index in [0.717, 1.165) is 16.8 Å². The molecule has 2 heterocycles. The summed E-state index contributed by atoms with van der Waals surface area (Å²) >= 11 is 9.32. The highest BCUT2D eigenvalue weighted by atomic mass is 35.5. The average Bonchev–Trinajstić information content (AvgIpc) is 3.17. The third-order valence-corrected chi connectivity index (χ3v) is 5.81. The number of tetrazole rings is 1. The molecule has 0 atom stereocenters. The number of nitrogens with zero attached hydrogens (tertiary/aromatic N) is 6. The van der Waals surface area contributed by atoms with Crippen LogP contribution in [-0.2, 0) is 17.6 Å². The van der Waals surface area contributed by atoms with Crippen LogP contribution in [0.4, 0.5) is 10.8 Å². The monoisotopic (exact) mass is 408 g/mol. The predicted molar refractivity (Wildman–Crippen MR) is 104 cm³/mol. The third kappa shape index (κ3) is 3.89. The fraction of sp³-hybridized carbons (Fsp3) is 0.312. The van der Waals surface area contributed by atoms with Crippen molar-refractivity contribution in [3.05, 3.63) is 39.4 Å². The summed E-state index contributed by atoms with van der Waals surface area (Å²) in [4.78, 5) is 18.5. The number of aryl methyl sites for hydroxylation is 3. The smallest absolute Gasteiger partial charge is 0.230 e. The summed E-state index contributed by atoms with van der Waals surface area (Å²) in [5.74, 6) is 0.474. The first-order valence-electron chi connectivity index (χ1n) is 7.74. The van der Waals surface area contributed by atoms with E-state index >= 15 is 0 Å². The van der Waals surface area contributed by atoms with Crippen LogP contribution in [0.1, 0.15) is 23.7 Å². The minimum absolute atomic E-state index is 0.134. The molecule has 0 saturated heterocycles. The van der Waals surface area contributed by atoms with Gasteiger partial charge in [-0.15, -0.1) is 16.4 Å². The summed E-state index contributed by atoms with van der Waals surface area (Å²) in [6, 6.07) is 3.86. The molecule has 0 saturated carbocycles. The number of carbonyl (C=O) groups excluding carboxylic acids is 1. The number of halogens is 1. The van der Waals surface area contributed by atoms with Gasteiger partial charge in [0.05, 0.1) is 16.4 Å². The molecule has 0 unspecified atom stereocenters. The fourth-order valence-electron chi connectivity index (χ4n) is 2.53. The molecule has 0 bridgehead atoms. The van der Waals surface area contributed by atoms with Gasteiger partial charge in [0.1, 0.15) is 0 Å². The minimum Gasteiger partial charge on any atom is -0.274 e. The summed E-state index contributed by atoms with van der Waals surface area (Å²) in [7, 11) is 1.79. The zero-order valence-electron chi connectivity index (χ0n) is 14.7. The molecule has 3 aromatic rings. The number of rotatable bonds is 5. The molecular weight excluding hydrogens is 392 g/mol. The predicted octanol–water partition coefficient (Wildman–Crippen LogP) is 3.91. The number of anilines is 2. The van der Waals surface area contributed by atoms with Gasteiger partial charge >= 0.3 is 0 Å². The van der Waals surface area contributed by atoms with Crippen LogP contribution < -0.4 is 4.90 Å². The number of aromatic nitrogens is 5. The number of hydrogen-bond acceptors (Lipinski definition) is 7. The molecule has 0 fully saturated rings. The SMILES string of the molecule is CC(=O)N(c1nc(CSc2nnnn2C)cs1)c1c(C)cc(C)cc1Cl. The number of thiazole rings is 1. The van der Waals surface area contributed by atoms with Gasteiger partial charge in [0, 0.05) is 25.1 Å². The van der Waals surface area contributed by atoms with E-state index in [2.05, 4.69) is 20.5 Å². The van der Waals surface area contributed by atoms with Gasteiger partial charge in [0.25, 0.3) is 0 Å². The molecule has 0 N–H and O–H groups in total. The molecule has 1 amide bonds. The van der Waals surface area contributed by atoms with Gasteiger partial charge < -0.3 is 0 Å². The number of hydrogen-bond donors (Lipinski definition) is 0. The quantitative estimate of drug-likeness (QED) is 0.595. The van der Waals surface area contributed by atoms with Gasteiger partial charge in [-0.1, -0.05) is 29.4 Å². The van der Waals surface area contributed by atoms with E-state index in [9.17, 15) is 4.79 Å². The molecule has 0 aliphatic rings. The molecule has 0 aliphatic heterocycles. The van der Waals surface area contributed by atoms with Crippen molar-refractivity contribution in [3.63, 3.8) is 0 Å². The maximum Gasteiger partial charge on any atom is 0.230 e. The van der Waals surface area contributed by atoms with Crippen LogP contribution in [0.2, 0.25) is 5.02 Å². The second-order valence-electron chi connectivity index (χ2n) is 5.76. The average molecular weight is 409 g/mol. The van der Waals surface area contributed by atoms with Gasteiger partial charge in [-0.2, -0.15) is 0 Å². The van der Waals surface area contributed by atoms with E-state index in [4.69, 9.17) is 11.6 Å². The lowest BCUT2D eigenvalue weighted by Crippen LogP contribution is -2.24. The highest BCUT2D eigenvalue weighted by Gasteiger charge is 2.22. The number of thioether (sulfide) groups is 1. The summed E-state index contributed by atoms with van der Waals surface area (Å²) in [5.41, 5.74) is 3.51. The summed E-state index contributed by atoms with van der Waals surface area (Å²) in [6.07, 6.45) is 0. The molecule has 0 aliphatic carbocycles. The third-order valence-electron chi connectivity index (χ3n) is 3.60. The van der Waals surface area contributed by atoms with Crippen molar-refractivity contribution in [3.8, 4) is 0 Å². The van der Waals surface area contributed by atoms with Gasteiger partial charge in [-0.05, 0) is 41.5 Å². The lowest BCUT2D eigenvalue weighted by Gasteiger charge is -2.22. The number of amides is 1. The van der Waals surface area contributed by atoms with Crippen molar-refractivity contribution in [2.75, 3.05) is 4.90 Å². The molecule has 7 nitrogen and oxygen atoms in total. The Labute approximate surface area is 164 Å². The van der Waals surface area contributed by atoms with Crippen molar-refractivity contribution in [1.82, 2.24) is 25.2 Å². The topological polar surface area (TPSA) is 76.8 Å². The maximum absolute atomic E-state index is 12.3. The van der Waals surface area contributed by atoms with E-state index in [1.807, 2.05) is 31.4 Å². The normalized spacial score (nSPS) is 11.0. The molecular formula is C16H17ClN6OS2. The largest absolute Gasteiger partial charge is 0.274 e. The minimum atomic E-state index is -0.134. The summed E-state index contributed by atoms with van der Waals surface area (Å²) in [6.45, 7) is 5.42. The molecule has 0 spiro atoms. The Hall–Kier alpha value is -1.97. The lowest BCUT2D eigenvalue weighted by molar-refractivity contribution is -0.115. The zero-order valence-corrected chi connectivity index (χ0v) is 17.1. The fourth-order valence-corrected chi connectivity index (χ4v) is 4.65. The summed E-state index contributed by atoms with van der Waals surface area (Å²) < 4.78 is 1.61. The van der Waals surface area contributed by atoms with Crippen molar-refractivity contribution < 1.29 is 4.79 Å². The number of benzene rings is 1. The van der Waals surface area contributed by atoms with Crippen molar-refractivity contribution in [2.45, 2.75) is 31.7 Å². The second kappa shape index (κ2) is 7.73. The van der Waals surface area contributed by atoms with E-state index in [-0.39, 0.29) is 5.91 Å². The van der Waals surface area contributed by atoms with Crippen molar-refractivity contribution in [1.29, 1.82) is 0 Å². The number of carbonyl (C=O) groups is 1.